The summed E-state index contributed by atoms with van der Waals surface area (Å²) in [6.07, 6.45) is -0.0908. The molecule has 21 heavy (non-hydrogen) atoms. The van der Waals surface area contributed by atoms with Gasteiger partial charge in [0.2, 0.25) is 0 Å². The Morgan fingerprint density at radius 2 is 1.95 bits per heavy atom. The van der Waals surface area contributed by atoms with Gasteiger partial charge in [-0.25, -0.2) is 4.98 Å². The molecule has 1 heterocycles. The molecule has 0 saturated heterocycles. The number of nitrogens with zero attached hydrogens (tertiary/aromatic N) is 1. The Morgan fingerprint density at radius 1 is 1.19 bits per heavy atom. The molecule has 0 bridgehead atoms. The maximum absolute atomic E-state index is 10.7. The van der Waals surface area contributed by atoms with E-state index in [1.807, 2.05) is 24.3 Å². The molecule has 5 nitrogen and oxygen atoms in total. The van der Waals surface area contributed by atoms with Crippen molar-refractivity contribution in [3.05, 3.63) is 40.9 Å². The van der Waals surface area contributed by atoms with Crippen LogP contribution in [-0.4, -0.2) is 32.9 Å². The van der Waals surface area contributed by atoms with Crippen LogP contribution >= 0.6 is 23.1 Å². The van der Waals surface area contributed by atoms with Crippen molar-refractivity contribution in [2.75, 3.05) is 5.75 Å². The van der Waals surface area contributed by atoms with Crippen molar-refractivity contribution in [2.24, 2.45) is 0 Å². The fraction of sp³-hybridized carbons (Fsp3) is 0.214. The number of thioether (sulfide) groups is 1. The lowest BCUT2D eigenvalue weighted by atomic mass is 10.1. The number of aromatic nitrogens is 1. The molecule has 0 saturated carbocycles. The van der Waals surface area contributed by atoms with E-state index in [0.717, 1.165) is 16.1 Å². The predicted molar refractivity (Wildman–Crippen MR) is 82.7 cm³/mol. The molecule has 110 valence electrons. The van der Waals surface area contributed by atoms with E-state index < -0.39 is 11.9 Å². The van der Waals surface area contributed by atoms with Gasteiger partial charge in [0.15, 0.2) is 0 Å². The molecule has 0 radical (unpaired) electrons. The van der Waals surface area contributed by atoms with Gasteiger partial charge in [-0.1, -0.05) is 24.3 Å². The molecule has 0 fully saturated rings. The minimum absolute atomic E-state index is 0.0521. The molecule has 2 N–H and O–H groups in total. The molecule has 0 aliphatic rings. The van der Waals surface area contributed by atoms with E-state index in [1.54, 1.807) is 5.38 Å². The van der Waals surface area contributed by atoms with Crippen molar-refractivity contribution in [2.45, 2.75) is 12.2 Å². The zero-order valence-electron chi connectivity index (χ0n) is 11.0. The third-order valence-corrected chi connectivity index (χ3v) is 4.51. The molecular weight excluding hydrogens is 310 g/mol. The lowest BCUT2D eigenvalue weighted by Crippen LogP contribution is -2.00. The summed E-state index contributed by atoms with van der Waals surface area (Å²) in [5.74, 6) is -1.11. The molecule has 0 unspecified atom stereocenters. The molecular formula is C14H13NO4S2. The number of hydrogen-bond acceptors (Lipinski definition) is 5. The van der Waals surface area contributed by atoms with E-state index in [1.165, 1.54) is 23.1 Å². The van der Waals surface area contributed by atoms with Crippen LogP contribution < -0.4 is 0 Å². The minimum atomic E-state index is -0.905. The Morgan fingerprint density at radius 3 is 2.67 bits per heavy atom. The maximum Gasteiger partial charge on any atom is 0.313 e. The highest BCUT2D eigenvalue weighted by Crippen LogP contribution is 2.29. The Bertz CT molecular complexity index is 654. The molecule has 1 aromatic carbocycles. The summed E-state index contributed by atoms with van der Waals surface area (Å²) in [7, 11) is 0. The van der Waals surface area contributed by atoms with Crippen LogP contribution in [0.25, 0.3) is 10.6 Å². The topological polar surface area (TPSA) is 87.5 Å². The summed E-state index contributed by atoms with van der Waals surface area (Å²) < 4.78 is 0. The number of benzene rings is 1. The fourth-order valence-electron chi connectivity index (χ4n) is 1.77. The number of thiazole rings is 1. The third-order valence-electron chi connectivity index (χ3n) is 2.61. The van der Waals surface area contributed by atoms with E-state index in [4.69, 9.17) is 10.2 Å². The van der Waals surface area contributed by atoms with Gasteiger partial charge in [0.05, 0.1) is 17.9 Å². The van der Waals surface area contributed by atoms with E-state index in [2.05, 4.69) is 4.98 Å². The number of carboxylic acid groups (broad SMARTS) is 2. The van der Waals surface area contributed by atoms with Crippen molar-refractivity contribution in [3.8, 4) is 10.6 Å². The summed E-state index contributed by atoms with van der Waals surface area (Å²) in [4.78, 5) is 25.6. The summed E-state index contributed by atoms with van der Waals surface area (Å²) in [6.45, 7) is 0. The second-order valence-electron chi connectivity index (χ2n) is 4.26. The van der Waals surface area contributed by atoms with Gasteiger partial charge in [-0.3, -0.25) is 9.59 Å². The van der Waals surface area contributed by atoms with Crippen LogP contribution in [0.2, 0.25) is 0 Å². The Balaban J connectivity index is 2.17. The summed E-state index contributed by atoms with van der Waals surface area (Å²) >= 11 is 2.72. The lowest BCUT2D eigenvalue weighted by molar-refractivity contribution is -0.136. The van der Waals surface area contributed by atoms with Gasteiger partial charge in [-0.05, 0) is 5.56 Å². The average Bonchev–Trinajstić information content (AvgIpc) is 2.86. The number of carbonyl (C=O) groups is 2. The van der Waals surface area contributed by atoms with E-state index in [-0.39, 0.29) is 12.2 Å². The summed E-state index contributed by atoms with van der Waals surface area (Å²) in [5, 5.41) is 20.0. The first-order chi connectivity index (χ1) is 10.1. The predicted octanol–water partition coefficient (Wildman–Crippen LogP) is 2.76. The summed E-state index contributed by atoms with van der Waals surface area (Å²) in [6, 6.07) is 7.63. The van der Waals surface area contributed by atoms with Crippen molar-refractivity contribution >= 4 is 35.0 Å². The molecule has 0 amide bonds. The van der Waals surface area contributed by atoms with Gasteiger partial charge < -0.3 is 10.2 Å². The largest absolute Gasteiger partial charge is 0.481 e. The van der Waals surface area contributed by atoms with Crippen LogP contribution in [0, 0.1) is 0 Å². The third kappa shape index (κ3) is 4.57. The van der Waals surface area contributed by atoms with Crippen molar-refractivity contribution in [1.29, 1.82) is 0 Å². The average molecular weight is 323 g/mol. The minimum Gasteiger partial charge on any atom is -0.481 e. The van der Waals surface area contributed by atoms with Gasteiger partial charge in [0.1, 0.15) is 5.01 Å². The van der Waals surface area contributed by atoms with Crippen LogP contribution in [0.15, 0.2) is 29.6 Å². The van der Waals surface area contributed by atoms with E-state index in [9.17, 15) is 9.59 Å². The number of carboxylic acids is 2. The molecule has 0 aliphatic carbocycles. The van der Waals surface area contributed by atoms with Crippen molar-refractivity contribution in [1.82, 2.24) is 4.98 Å². The number of rotatable bonds is 7. The molecule has 0 aliphatic heterocycles. The maximum atomic E-state index is 10.7. The first-order valence-electron chi connectivity index (χ1n) is 6.10. The number of aliphatic carboxylic acids is 2. The molecule has 0 spiro atoms. The molecule has 0 atom stereocenters. The monoisotopic (exact) mass is 323 g/mol. The van der Waals surface area contributed by atoms with E-state index in [0.29, 0.717) is 11.4 Å². The standard InChI is InChI=1S/C14H13NO4S2/c16-12(17)5-10-7-21-14(15-10)11-4-2-1-3-9(11)6-20-8-13(18)19/h1-4,7H,5-6,8H2,(H,16,17)(H,18,19). The Hall–Kier alpha value is -1.86. The normalized spacial score (nSPS) is 10.5. The second kappa shape index (κ2) is 7.24. The smallest absolute Gasteiger partial charge is 0.313 e. The van der Waals surface area contributed by atoms with Crippen LogP contribution in [0.1, 0.15) is 11.3 Å². The highest BCUT2D eigenvalue weighted by Gasteiger charge is 2.11. The number of hydrogen-bond donors (Lipinski definition) is 2. The first kappa shape index (κ1) is 15.5. The van der Waals surface area contributed by atoms with Crippen LogP contribution in [0.5, 0.6) is 0 Å². The molecule has 2 rings (SSSR count). The van der Waals surface area contributed by atoms with Crippen molar-refractivity contribution in [3.63, 3.8) is 0 Å². The van der Waals surface area contributed by atoms with E-state index >= 15 is 0 Å². The Kier molecular flexibility index (Phi) is 5.35. The highest BCUT2D eigenvalue weighted by molar-refractivity contribution is 7.99. The van der Waals surface area contributed by atoms with Crippen LogP contribution in [0.4, 0.5) is 0 Å². The Labute approximate surface area is 129 Å². The fourth-order valence-corrected chi connectivity index (χ4v) is 3.40. The molecule has 2 aromatic rings. The zero-order valence-corrected chi connectivity index (χ0v) is 12.6. The van der Waals surface area contributed by atoms with Gasteiger partial charge in [-0.15, -0.1) is 23.1 Å². The van der Waals surface area contributed by atoms with Gasteiger partial charge >= 0.3 is 11.9 Å². The summed E-state index contributed by atoms with van der Waals surface area (Å²) in [5.41, 5.74) is 2.47. The van der Waals surface area contributed by atoms with Crippen LogP contribution in [-0.2, 0) is 21.8 Å². The van der Waals surface area contributed by atoms with Gasteiger partial charge in [0.25, 0.3) is 0 Å². The second-order valence-corrected chi connectivity index (χ2v) is 6.10. The molecule has 7 heteroatoms. The first-order valence-corrected chi connectivity index (χ1v) is 8.13. The van der Waals surface area contributed by atoms with Gasteiger partial charge in [0, 0.05) is 16.7 Å². The van der Waals surface area contributed by atoms with Crippen LogP contribution in [0.3, 0.4) is 0 Å². The highest BCUT2D eigenvalue weighted by atomic mass is 32.2. The molecule has 1 aromatic heterocycles. The van der Waals surface area contributed by atoms with Crippen molar-refractivity contribution < 1.29 is 19.8 Å². The van der Waals surface area contributed by atoms with Gasteiger partial charge in [-0.2, -0.15) is 0 Å². The lowest BCUT2D eigenvalue weighted by Gasteiger charge is -2.06. The quantitative estimate of drug-likeness (QED) is 0.814. The zero-order chi connectivity index (χ0) is 15.2. The SMILES string of the molecule is O=C(O)CSCc1ccccc1-c1nc(CC(=O)O)cs1.